The summed E-state index contributed by atoms with van der Waals surface area (Å²) in [7, 11) is 2.75. The Morgan fingerprint density at radius 2 is 1.69 bits per heavy atom. The van der Waals surface area contributed by atoms with Crippen LogP contribution in [-0.2, 0) is 19.6 Å². The van der Waals surface area contributed by atoms with Gasteiger partial charge >= 0.3 is 5.69 Å². The number of nitro groups is 1. The molecular weight excluding hydrogens is 384 g/mol. The molecule has 0 amide bonds. The Bertz CT molecular complexity index is 1210. The fraction of sp³-hybridized carbons (Fsp3) is 0.333. The minimum Gasteiger partial charge on any atom is -0.394 e. The summed E-state index contributed by atoms with van der Waals surface area (Å²) in [5, 5.41) is 41.0. The number of hydrogen-bond acceptors (Lipinski definition) is 7. The van der Waals surface area contributed by atoms with E-state index in [4.69, 9.17) is 0 Å². The molecule has 0 saturated carbocycles. The van der Waals surface area contributed by atoms with Crippen LogP contribution in [0, 0.1) is 10.1 Å². The molecule has 11 heteroatoms. The summed E-state index contributed by atoms with van der Waals surface area (Å²) in [6.07, 6.45) is 1.37. The van der Waals surface area contributed by atoms with E-state index in [1.165, 1.54) is 53.7 Å². The Kier molecular flexibility index (Phi) is 5.13. The van der Waals surface area contributed by atoms with Crippen LogP contribution in [-0.4, -0.2) is 53.8 Å². The molecule has 2 heterocycles. The summed E-state index contributed by atoms with van der Waals surface area (Å²) in [4.78, 5) is 35.9. The van der Waals surface area contributed by atoms with Crippen molar-refractivity contribution in [2.24, 2.45) is 14.1 Å². The van der Waals surface area contributed by atoms with Crippen LogP contribution in [0.15, 0.2) is 40.1 Å². The first kappa shape index (κ1) is 20.5. The molecule has 0 bridgehead atoms. The van der Waals surface area contributed by atoms with Gasteiger partial charge in [-0.3, -0.25) is 24.0 Å². The van der Waals surface area contributed by atoms with Crippen molar-refractivity contribution in [1.82, 2.24) is 13.7 Å². The minimum atomic E-state index is -1.61. The van der Waals surface area contributed by atoms with Crippen molar-refractivity contribution in [3.63, 3.8) is 0 Å². The Morgan fingerprint density at radius 1 is 1.07 bits per heavy atom. The van der Waals surface area contributed by atoms with Crippen molar-refractivity contribution in [2.75, 3.05) is 19.8 Å². The van der Waals surface area contributed by atoms with Crippen molar-refractivity contribution >= 4 is 16.6 Å². The van der Waals surface area contributed by atoms with Gasteiger partial charge in [0, 0.05) is 38.0 Å². The number of aliphatic hydroxyl groups excluding tert-OH is 3. The Hall–Kier alpha value is -3.28. The highest BCUT2D eigenvalue weighted by atomic mass is 16.6. The second-order valence-corrected chi connectivity index (χ2v) is 6.82. The number of aryl methyl sites for hydroxylation is 1. The van der Waals surface area contributed by atoms with Gasteiger partial charge in [0.15, 0.2) is 0 Å². The highest BCUT2D eigenvalue weighted by Crippen LogP contribution is 2.34. The lowest BCUT2D eigenvalue weighted by Crippen LogP contribution is -2.44. The van der Waals surface area contributed by atoms with Gasteiger partial charge in [-0.1, -0.05) is 12.1 Å². The first-order chi connectivity index (χ1) is 13.7. The van der Waals surface area contributed by atoms with Crippen LogP contribution in [0.5, 0.6) is 0 Å². The first-order valence-electron chi connectivity index (χ1n) is 8.61. The average molecular weight is 404 g/mol. The fourth-order valence-corrected chi connectivity index (χ4v) is 3.34. The molecule has 0 atom stereocenters. The molecule has 3 N–H and O–H groups in total. The fourth-order valence-electron chi connectivity index (χ4n) is 3.34. The highest BCUT2D eigenvalue weighted by molar-refractivity contribution is 5.94. The summed E-state index contributed by atoms with van der Waals surface area (Å²) in [5.74, 6) is 0. The number of hydrogen-bond donors (Lipinski definition) is 3. The van der Waals surface area contributed by atoms with Crippen LogP contribution in [0.1, 0.15) is 0 Å². The number of nitro benzene ring substituents is 1. The van der Waals surface area contributed by atoms with Gasteiger partial charge < -0.3 is 19.9 Å². The predicted molar refractivity (Wildman–Crippen MR) is 104 cm³/mol. The van der Waals surface area contributed by atoms with E-state index in [1.54, 1.807) is 0 Å². The maximum absolute atomic E-state index is 12.9. The monoisotopic (exact) mass is 404 g/mol. The molecule has 2 aromatic heterocycles. The molecule has 3 rings (SSSR count). The number of non-ortho nitro benzene ring substituents is 1. The third-order valence-corrected chi connectivity index (χ3v) is 5.16. The normalized spacial score (nSPS) is 11.9. The quantitative estimate of drug-likeness (QED) is 0.362. The first-order valence-corrected chi connectivity index (χ1v) is 8.61. The third-order valence-electron chi connectivity index (χ3n) is 5.16. The molecule has 0 aliphatic rings. The van der Waals surface area contributed by atoms with E-state index in [2.05, 4.69) is 0 Å². The van der Waals surface area contributed by atoms with Crippen LogP contribution >= 0.6 is 0 Å². The van der Waals surface area contributed by atoms with Gasteiger partial charge in [-0.15, -0.1) is 0 Å². The summed E-state index contributed by atoms with van der Waals surface area (Å²) in [6.45, 7) is -2.05. The van der Waals surface area contributed by atoms with Gasteiger partial charge in [0.25, 0.3) is 11.2 Å². The van der Waals surface area contributed by atoms with Crippen LogP contribution < -0.4 is 11.2 Å². The molecule has 0 radical (unpaired) electrons. The molecule has 0 unspecified atom stereocenters. The Labute approximate surface area is 163 Å². The number of nitrogens with zero attached hydrogens (tertiary/aromatic N) is 4. The zero-order valence-corrected chi connectivity index (χ0v) is 15.8. The summed E-state index contributed by atoms with van der Waals surface area (Å²) < 4.78 is 3.41. The van der Waals surface area contributed by atoms with E-state index < -0.39 is 41.5 Å². The van der Waals surface area contributed by atoms with Crippen LogP contribution in [0.25, 0.3) is 22.2 Å². The lowest BCUT2D eigenvalue weighted by Gasteiger charge is -2.31. The van der Waals surface area contributed by atoms with Crippen LogP contribution in [0.3, 0.4) is 0 Å². The second kappa shape index (κ2) is 7.28. The molecule has 0 aliphatic carbocycles. The summed E-state index contributed by atoms with van der Waals surface area (Å²) in [6, 6.07) is 5.48. The summed E-state index contributed by atoms with van der Waals surface area (Å²) in [5.41, 5.74) is -2.49. The number of fused-ring (bicyclic) bond motifs is 1. The zero-order chi connectivity index (χ0) is 21.5. The van der Waals surface area contributed by atoms with Gasteiger partial charge in [-0.25, -0.2) is 4.79 Å². The van der Waals surface area contributed by atoms with Gasteiger partial charge in [-0.05, 0) is 0 Å². The molecule has 3 aromatic rings. The molecular formula is C18H20N4O7. The standard InChI is InChI=1S/C18H20N4O7/c1-19-13-7-21(18(8-23,9-24)10-25)15(14(13)16(26)20(2)17(19)27)11-4-3-5-12(6-11)22(28)29/h3-7,23-25H,8-10H2,1-2H3. The minimum absolute atomic E-state index is 0.0647. The topological polar surface area (TPSA) is 153 Å². The Morgan fingerprint density at radius 3 is 2.24 bits per heavy atom. The SMILES string of the molecule is Cn1c(=O)c2c(-c3cccc([N+](=O)[O-])c3)n(C(CO)(CO)CO)cc2n(C)c1=O. The third kappa shape index (κ3) is 2.95. The smallest absolute Gasteiger partial charge is 0.330 e. The van der Waals surface area contributed by atoms with E-state index >= 15 is 0 Å². The number of benzene rings is 1. The van der Waals surface area contributed by atoms with Gasteiger partial charge in [0.1, 0.15) is 5.54 Å². The lowest BCUT2D eigenvalue weighted by atomic mass is 10.0. The molecule has 0 saturated heterocycles. The van der Waals surface area contributed by atoms with E-state index in [-0.39, 0.29) is 27.8 Å². The Balaban J connectivity index is 2.57. The van der Waals surface area contributed by atoms with E-state index in [0.717, 1.165) is 4.57 Å². The van der Waals surface area contributed by atoms with Crippen molar-refractivity contribution in [3.8, 4) is 11.3 Å². The largest absolute Gasteiger partial charge is 0.394 e. The van der Waals surface area contributed by atoms with Crippen LogP contribution in [0.4, 0.5) is 5.69 Å². The van der Waals surface area contributed by atoms with Crippen molar-refractivity contribution in [2.45, 2.75) is 5.54 Å². The number of aromatic nitrogens is 3. The van der Waals surface area contributed by atoms with Crippen LogP contribution in [0.2, 0.25) is 0 Å². The maximum Gasteiger partial charge on any atom is 0.330 e. The van der Waals surface area contributed by atoms with E-state index in [1.807, 2.05) is 0 Å². The van der Waals surface area contributed by atoms with Crippen molar-refractivity contribution in [3.05, 3.63) is 61.4 Å². The number of aliphatic hydroxyl groups is 3. The van der Waals surface area contributed by atoms with Gasteiger partial charge in [0.2, 0.25) is 0 Å². The summed E-state index contributed by atoms with van der Waals surface area (Å²) >= 11 is 0. The molecule has 0 fully saturated rings. The molecule has 29 heavy (non-hydrogen) atoms. The van der Waals surface area contributed by atoms with E-state index in [0.29, 0.717) is 0 Å². The molecule has 154 valence electrons. The van der Waals surface area contributed by atoms with Crippen molar-refractivity contribution in [1.29, 1.82) is 0 Å². The van der Waals surface area contributed by atoms with Crippen molar-refractivity contribution < 1.29 is 20.2 Å². The lowest BCUT2D eigenvalue weighted by molar-refractivity contribution is -0.384. The molecule has 0 aliphatic heterocycles. The average Bonchev–Trinajstić information content (AvgIpc) is 3.14. The number of rotatable bonds is 6. The molecule has 11 nitrogen and oxygen atoms in total. The van der Waals surface area contributed by atoms with Gasteiger partial charge in [-0.2, -0.15) is 0 Å². The molecule has 1 aromatic carbocycles. The van der Waals surface area contributed by atoms with E-state index in [9.17, 15) is 35.0 Å². The van der Waals surface area contributed by atoms with Gasteiger partial charge in [0.05, 0.1) is 41.3 Å². The second-order valence-electron chi connectivity index (χ2n) is 6.82. The maximum atomic E-state index is 12.9. The predicted octanol–water partition coefficient (Wildman–Crippen LogP) is -0.714. The molecule has 0 spiro atoms. The highest BCUT2D eigenvalue weighted by Gasteiger charge is 2.35. The zero-order valence-electron chi connectivity index (χ0n) is 15.8.